The fourth-order valence-corrected chi connectivity index (χ4v) is 3.34. The minimum atomic E-state index is -0.480. The highest BCUT2D eigenvalue weighted by Crippen LogP contribution is 2.28. The fraction of sp³-hybridized carbons (Fsp3) is 0.368. The van der Waals surface area contributed by atoms with Gasteiger partial charge in [-0.2, -0.15) is 0 Å². The highest BCUT2D eigenvalue weighted by molar-refractivity contribution is 5.67. The summed E-state index contributed by atoms with van der Waals surface area (Å²) in [5.74, 6) is -0.322. The van der Waals surface area contributed by atoms with Crippen LogP contribution in [-0.4, -0.2) is 30.2 Å². The molecule has 2 aromatic rings. The van der Waals surface area contributed by atoms with E-state index in [-0.39, 0.29) is 30.3 Å². The molecule has 0 spiro atoms. The molecule has 27 heavy (non-hydrogen) atoms. The van der Waals surface area contributed by atoms with E-state index in [9.17, 15) is 14.5 Å². The van der Waals surface area contributed by atoms with Crippen molar-refractivity contribution >= 4 is 22.7 Å². The summed E-state index contributed by atoms with van der Waals surface area (Å²) in [5.41, 5.74) is 7.58. The van der Waals surface area contributed by atoms with Crippen LogP contribution in [0.25, 0.3) is 0 Å². The number of nitrogen functional groups attached to an aromatic ring is 1. The van der Waals surface area contributed by atoms with Gasteiger partial charge in [0.2, 0.25) is 0 Å². The maximum Gasteiger partial charge on any atom is 0.292 e. The van der Waals surface area contributed by atoms with E-state index in [1.165, 1.54) is 24.3 Å². The van der Waals surface area contributed by atoms with Crippen molar-refractivity contribution in [2.45, 2.75) is 32.6 Å². The Morgan fingerprint density at radius 3 is 2.59 bits per heavy atom. The van der Waals surface area contributed by atoms with Crippen molar-refractivity contribution in [3.05, 3.63) is 57.9 Å². The summed E-state index contributed by atoms with van der Waals surface area (Å²) in [7, 11) is 0. The zero-order valence-electron chi connectivity index (χ0n) is 15.3. The topological polar surface area (TPSA) is 93.7 Å². The minimum Gasteiger partial charge on any atom is -0.399 e. The molecule has 2 aromatic carbocycles. The number of hydrogen-bond donors (Lipinski definition) is 2. The third kappa shape index (κ3) is 4.46. The van der Waals surface area contributed by atoms with Gasteiger partial charge in [0.25, 0.3) is 5.69 Å². The van der Waals surface area contributed by atoms with Gasteiger partial charge >= 0.3 is 0 Å². The number of nitrogens with two attached hydrogens (primary N) is 1. The van der Waals surface area contributed by atoms with Gasteiger partial charge in [0.1, 0.15) is 11.5 Å². The molecule has 3 rings (SSSR count). The van der Waals surface area contributed by atoms with Gasteiger partial charge in [0.15, 0.2) is 0 Å². The van der Waals surface area contributed by atoms with Crippen molar-refractivity contribution < 1.29 is 14.1 Å². The molecule has 1 saturated heterocycles. The first-order valence-electron chi connectivity index (χ1n) is 8.80. The Morgan fingerprint density at radius 1 is 1.26 bits per heavy atom. The summed E-state index contributed by atoms with van der Waals surface area (Å²) >= 11 is 0. The molecule has 2 unspecified atom stereocenters. The smallest absolute Gasteiger partial charge is 0.292 e. The molecule has 0 aromatic heterocycles. The Labute approximate surface area is 157 Å². The van der Waals surface area contributed by atoms with Crippen LogP contribution in [0.2, 0.25) is 0 Å². The number of rotatable bonds is 5. The second kappa shape index (κ2) is 7.79. The Balaban J connectivity index is 1.73. The van der Waals surface area contributed by atoms with E-state index in [1.807, 2.05) is 24.8 Å². The number of nitro groups is 1. The number of nitrogens with one attached hydrogen (secondary N) is 1. The van der Waals surface area contributed by atoms with Crippen molar-refractivity contribution in [3.8, 4) is 0 Å². The lowest BCUT2D eigenvalue weighted by Gasteiger charge is -2.37. The Hall–Kier alpha value is -2.87. The van der Waals surface area contributed by atoms with Crippen LogP contribution < -0.4 is 16.0 Å². The Morgan fingerprint density at radius 2 is 1.96 bits per heavy atom. The minimum absolute atomic E-state index is 0.0404. The van der Waals surface area contributed by atoms with Gasteiger partial charge in [0, 0.05) is 31.4 Å². The van der Waals surface area contributed by atoms with Gasteiger partial charge in [-0.25, -0.2) is 4.39 Å². The van der Waals surface area contributed by atoms with Gasteiger partial charge in [-0.15, -0.1) is 0 Å². The van der Waals surface area contributed by atoms with Gasteiger partial charge < -0.3 is 20.7 Å². The lowest BCUT2D eigenvalue weighted by atomic mass is 10.1. The standard InChI is InChI=1S/C19H23FN4O3/c1-12-10-23(11-13(2)27-12)18-5-3-14(7-16(18)20)9-22-17-8-15(21)4-6-19(17)24(25)26/h3-8,12-13,22H,9-11,21H2,1-2H3. The largest absolute Gasteiger partial charge is 0.399 e. The second-order valence-electron chi connectivity index (χ2n) is 6.84. The van der Waals surface area contributed by atoms with Gasteiger partial charge in [-0.3, -0.25) is 10.1 Å². The maximum absolute atomic E-state index is 14.6. The molecule has 1 heterocycles. The zero-order valence-corrected chi connectivity index (χ0v) is 15.3. The van der Waals surface area contributed by atoms with E-state index in [2.05, 4.69) is 5.32 Å². The predicted molar refractivity (Wildman–Crippen MR) is 103 cm³/mol. The summed E-state index contributed by atoms with van der Waals surface area (Å²) in [6.07, 6.45) is 0.0807. The van der Waals surface area contributed by atoms with E-state index in [0.29, 0.717) is 35.7 Å². The van der Waals surface area contributed by atoms with E-state index in [1.54, 1.807) is 6.07 Å². The predicted octanol–water partition coefficient (Wildman–Crippen LogP) is 3.54. The lowest BCUT2D eigenvalue weighted by Crippen LogP contribution is -2.45. The van der Waals surface area contributed by atoms with Crippen molar-refractivity contribution in [1.29, 1.82) is 0 Å². The highest BCUT2D eigenvalue weighted by Gasteiger charge is 2.24. The molecule has 3 N–H and O–H groups in total. The first-order chi connectivity index (χ1) is 12.8. The van der Waals surface area contributed by atoms with Gasteiger partial charge in [-0.05, 0) is 43.7 Å². The first-order valence-corrected chi connectivity index (χ1v) is 8.80. The summed E-state index contributed by atoms with van der Waals surface area (Å²) in [6.45, 7) is 5.45. The van der Waals surface area contributed by atoms with Crippen LogP contribution in [0.1, 0.15) is 19.4 Å². The molecule has 0 radical (unpaired) electrons. The number of benzene rings is 2. The third-order valence-electron chi connectivity index (χ3n) is 4.47. The molecule has 0 amide bonds. The zero-order chi connectivity index (χ0) is 19.6. The molecule has 0 saturated carbocycles. The molecule has 0 aliphatic carbocycles. The number of morpholine rings is 1. The Kier molecular flexibility index (Phi) is 5.46. The molecule has 1 aliphatic rings. The summed E-state index contributed by atoms with van der Waals surface area (Å²) < 4.78 is 20.3. The quantitative estimate of drug-likeness (QED) is 0.472. The average molecular weight is 374 g/mol. The van der Waals surface area contributed by atoms with Crippen molar-refractivity contribution in [3.63, 3.8) is 0 Å². The SMILES string of the molecule is CC1CN(c2ccc(CNc3cc(N)ccc3[N+](=O)[O-])cc2F)CC(C)O1. The second-order valence-corrected chi connectivity index (χ2v) is 6.84. The number of nitrogens with zero attached hydrogens (tertiary/aromatic N) is 2. The van der Waals surface area contributed by atoms with Crippen LogP contribution >= 0.6 is 0 Å². The molecule has 144 valence electrons. The van der Waals surface area contributed by atoms with E-state index in [4.69, 9.17) is 10.5 Å². The monoisotopic (exact) mass is 374 g/mol. The normalized spacial score (nSPS) is 19.7. The molecule has 8 heteroatoms. The maximum atomic E-state index is 14.6. The molecule has 0 bridgehead atoms. The number of hydrogen-bond acceptors (Lipinski definition) is 6. The van der Waals surface area contributed by atoms with E-state index in [0.717, 1.165) is 0 Å². The van der Waals surface area contributed by atoms with Crippen LogP contribution in [-0.2, 0) is 11.3 Å². The summed E-state index contributed by atoms with van der Waals surface area (Å²) in [4.78, 5) is 12.6. The van der Waals surface area contributed by atoms with Crippen LogP contribution in [0.3, 0.4) is 0 Å². The average Bonchev–Trinajstić information content (AvgIpc) is 2.59. The van der Waals surface area contributed by atoms with E-state index < -0.39 is 4.92 Å². The van der Waals surface area contributed by atoms with Crippen LogP contribution in [0, 0.1) is 15.9 Å². The number of anilines is 3. The number of ether oxygens (including phenoxy) is 1. The Bertz CT molecular complexity index is 836. The molecule has 1 aliphatic heterocycles. The van der Waals surface area contributed by atoms with Crippen LogP contribution in [0.15, 0.2) is 36.4 Å². The lowest BCUT2D eigenvalue weighted by molar-refractivity contribution is -0.383. The molecular formula is C19H23FN4O3. The van der Waals surface area contributed by atoms with Crippen molar-refractivity contribution in [1.82, 2.24) is 0 Å². The third-order valence-corrected chi connectivity index (χ3v) is 4.47. The molecular weight excluding hydrogens is 351 g/mol. The van der Waals surface area contributed by atoms with Crippen molar-refractivity contribution in [2.24, 2.45) is 0 Å². The molecule has 7 nitrogen and oxygen atoms in total. The van der Waals surface area contributed by atoms with Crippen LogP contribution in [0.4, 0.5) is 27.1 Å². The first kappa shape index (κ1) is 18.9. The number of nitro benzene ring substituents is 1. The van der Waals surface area contributed by atoms with Crippen LogP contribution in [0.5, 0.6) is 0 Å². The summed E-state index contributed by atoms with van der Waals surface area (Å²) in [6, 6.07) is 9.33. The highest BCUT2D eigenvalue weighted by atomic mass is 19.1. The van der Waals surface area contributed by atoms with E-state index >= 15 is 0 Å². The number of halogens is 1. The molecule has 1 fully saturated rings. The van der Waals surface area contributed by atoms with Gasteiger partial charge in [0.05, 0.1) is 22.8 Å². The summed E-state index contributed by atoms with van der Waals surface area (Å²) in [5, 5.41) is 14.1. The van der Waals surface area contributed by atoms with Crippen molar-refractivity contribution in [2.75, 3.05) is 29.0 Å². The van der Waals surface area contributed by atoms with Gasteiger partial charge in [-0.1, -0.05) is 6.07 Å². The molecule has 2 atom stereocenters. The fourth-order valence-electron chi connectivity index (χ4n) is 3.34.